The Balaban J connectivity index is 1.29. The lowest BCUT2D eigenvalue weighted by Gasteiger charge is -2.28. The fourth-order valence-electron chi connectivity index (χ4n) is 5.05. The van der Waals surface area contributed by atoms with Gasteiger partial charge < -0.3 is 29.0 Å². The summed E-state index contributed by atoms with van der Waals surface area (Å²) in [5.41, 5.74) is 1.34. The number of likely N-dealkylation sites (tertiary alicyclic amines) is 1. The number of aliphatic hydroxyl groups is 1. The highest BCUT2D eigenvalue weighted by molar-refractivity contribution is 5.96. The Morgan fingerprint density at radius 1 is 0.974 bits per heavy atom. The van der Waals surface area contributed by atoms with Gasteiger partial charge in [0.1, 0.15) is 31.4 Å². The van der Waals surface area contributed by atoms with E-state index in [1.54, 1.807) is 31.4 Å². The first-order valence-electron chi connectivity index (χ1n) is 13.6. The molecule has 8 heteroatoms. The Bertz CT molecular complexity index is 1050. The van der Waals surface area contributed by atoms with Crippen LogP contribution in [0, 0.1) is 5.92 Å². The number of carbonyl (C=O) groups is 2. The Morgan fingerprint density at radius 2 is 1.71 bits per heavy atom. The molecule has 2 aliphatic heterocycles. The summed E-state index contributed by atoms with van der Waals surface area (Å²) in [6, 6.07) is 12.6. The number of Topliss-reactive ketones (excluding diaryl/α,β-unsaturated/α-hetero) is 2. The molecule has 2 atom stereocenters. The number of rotatable bonds is 15. The second-order valence-electron chi connectivity index (χ2n) is 10.0. The van der Waals surface area contributed by atoms with Crippen molar-refractivity contribution in [2.45, 2.75) is 44.6 Å². The number of methoxy groups -OCH3 is 1. The number of ether oxygens (including phenoxy) is 4. The number of hydrogen-bond acceptors (Lipinski definition) is 8. The van der Waals surface area contributed by atoms with Crippen molar-refractivity contribution in [1.82, 2.24) is 4.90 Å². The maximum absolute atomic E-state index is 13.0. The summed E-state index contributed by atoms with van der Waals surface area (Å²) in [5.74, 6) is 1.84. The van der Waals surface area contributed by atoms with Gasteiger partial charge in [0.05, 0.1) is 12.7 Å². The van der Waals surface area contributed by atoms with E-state index >= 15 is 0 Å². The zero-order valence-electron chi connectivity index (χ0n) is 22.2. The normalized spacial score (nSPS) is 16.7. The molecule has 206 valence electrons. The third kappa shape index (κ3) is 8.03. The van der Waals surface area contributed by atoms with Crippen LogP contribution in [0.5, 0.6) is 17.2 Å². The molecule has 0 aromatic heterocycles. The SMILES string of the molecule is COCCOc1ccc(C(=O)CCCC(=O)CC(CN2CCCC2)C(O)c2ccc3c(c2)OCCO3)cc1. The van der Waals surface area contributed by atoms with Crippen LogP contribution in [0.1, 0.15) is 60.6 Å². The number of aliphatic hydroxyl groups excluding tert-OH is 1. The molecule has 2 heterocycles. The highest BCUT2D eigenvalue weighted by Crippen LogP contribution is 2.36. The highest BCUT2D eigenvalue weighted by atomic mass is 16.6. The molecule has 2 aliphatic rings. The summed E-state index contributed by atoms with van der Waals surface area (Å²) in [6.45, 7) is 4.59. The Kier molecular flexibility index (Phi) is 10.6. The topological polar surface area (TPSA) is 94.5 Å². The molecule has 1 saturated heterocycles. The Labute approximate surface area is 224 Å². The fraction of sp³-hybridized carbons (Fsp3) is 0.533. The summed E-state index contributed by atoms with van der Waals surface area (Å²) < 4.78 is 21.8. The quantitative estimate of drug-likeness (QED) is 0.273. The Morgan fingerprint density at radius 3 is 2.45 bits per heavy atom. The smallest absolute Gasteiger partial charge is 0.162 e. The molecule has 8 nitrogen and oxygen atoms in total. The predicted molar refractivity (Wildman–Crippen MR) is 143 cm³/mol. The van der Waals surface area contributed by atoms with Crippen LogP contribution < -0.4 is 14.2 Å². The van der Waals surface area contributed by atoms with E-state index in [0.29, 0.717) is 75.0 Å². The van der Waals surface area contributed by atoms with Crippen LogP contribution in [0.3, 0.4) is 0 Å². The van der Waals surface area contributed by atoms with Crippen LogP contribution in [0.4, 0.5) is 0 Å². The van der Waals surface area contributed by atoms with Crippen molar-refractivity contribution in [1.29, 1.82) is 0 Å². The summed E-state index contributed by atoms with van der Waals surface area (Å²) in [4.78, 5) is 27.9. The predicted octanol–water partition coefficient (Wildman–Crippen LogP) is 4.24. The molecular formula is C30H39NO7. The van der Waals surface area contributed by atoms with Crippen LogP contribution in [0.2, 0.25) is 0 Å². The van der Waals surface area contributed by atoms with Crippen molar-refractivity contribution in [3.8, 4) is 17.2 Å². The minimum Gasteiger partial charge on any atom is -0.491 e. The second kappa shape index (κ2) is 14.3. The van der Waals surface area contributed by atoms with Gasteiger partial charge in [0.25, 0.3) is 0 Å². The van der Waals surface area contributed by atoms with Crippen molar-refractivity contribution in [3.05, 3.63) is 53.6 Å². The van der Waals surface area contributed by atoms with Crippen LogP contribution >= 0.6 is 0 Å². The van der Waals surface area contributed by atoms with Gasteiger partial charge in [-0.1, -0.05) is 6.07 Å². The minimum absolute atomic E-state index is 0.00571. The lowest BCUT2D eigenvalue weighted by Crippen LogP contribution is -2.31. The van der Waals surface area contributed by atoms with Crippen molar-refractivity contribution in [3.63, 3.8) is 0 Å². The van der Waals surface area contributed by atoms with Gasteiger partial charge in [-0.3, -0.25) is 9.59 Å². The first kappa shape index (κ1) is 28.1. The number of hydrogen-bond donors (Lipinski definition) is 1. The zero-order chi connectivity index (χ0) is 26.7. The summed E-state index contributed by atoms with van der Waals surface area (Å²) >= 11 is 0. The number of benzene rings is 2. The molecule has 0 saturated carbocycles. The van der Waals surface area contributed by atoms with E-state index in [9.17, 15) is 14.7 Å². The van der Waals surface area contributed by atoms with Crippen LogP contribution in [-0.2, 0) is 9.53 Å². The molecule has 0 spiro atoms. The monoisotopic (exact) mass is 525 g/mol. The minimum atomic E-state index is -0.790. The maximum atomic E-state index is 13.0. The molecule has 0 amide bonds. The molecule has 0 bridgehead atoms. The molecule has 1 fully saturated rings. The number of nitrogens with zero attached hydrogens (tertiary/aromatic N) is 1. The lowest BCUT2D eigenvalue weighted by molar-refractivity contribution is -0.121. The molecule has 38 heavy (non-hydrogen) atoms. The number of carbonyl (C=O) groups excluding carboxylic acids is 2. The first-order chi connectivity index (χ1) is 18.5. The van der Waals surface area contributed by atoms with E-state index in [0.717, 1.165) is 31.5 Å². The summed E-state index contributed by atoms with van der Waals surface area (Å²) in [7, 11) is 1.62. The third-order valence-electron chi connectivity index (χ3n) is 7.13. The molecule has 2 unspecified atom stereocenters. The van der Waals surface area contributed by atoms with E-state index in [4.69, 9.17) is 18.9 Å². The van der Waals surface area contributed by atoms with Crippen molar-refractivity contribution >= 4 is 11.6 Å². The van der Waals surface area contributed by atoms with Crippen molar-refractivity contribution in [2.24, 2.45) is 5.92 Å². The van der Waals surface area contributed by atoms with E-state index in [1.807, 2.05) is 18.2 Å². The largest absolute Gasteiger partial charge is 0.491 e. The fourth-order valence-corrected chi connectivity index (χ4v) is 5.05. The zero-order valence-corrected chi connectivity index (χ0v) is 22.2. The van der Waals surface area contributed by atoms with Gasteiger partial charge in [-0.05, 0) is 74.3 Å². The van der Waals surface area contributed by atoms with Gasteiger partial charge in [-0.25, -0.2) is 0 Å². The van der Waals surface area contributed by atoms with Gasteiger partial charge in [0.2, 0.25) is 0 Å². The molecule has 4 rings (SSSR count). The van der Waals surface area contributed by atoms with Crippen LogP contribution in [0.15, 0.2) is 42.5 Å². The third-order valence-corrected chi connectivity index (χ3v) is 7.13. The van der Waals surface area contributed by atoms with E-state index < -0.39 is 6.10 Å². The maximum Gasteiger partial charge on any atom is 0.162 e. The van der Waals surface area contributed by atoms with E-state index in [-0.39, 0.29) is 23.9 Å². The van der Waals surface area contributed by atoms with E-state index in [1.165, 1.54) is 0 Å². The van der Waals surface area contributed by atoms with Crippen molar-refractivity contribution in [2.75, 3.05) is 53.2 Å². The standard InChI is InChI=1S/C30H39NO7/c1-35-15-16-36-26-10-7-22(8-11-26)27(33)6-4-5-25(32)19-24(21-31-13-2-3-14-31)30(34)23-9-12-28-29(20-23)38-18-17-37-28/h7-12,20,24,30,34H,2-6,13-19,21H2,1H3. The average molecular weight is 526 g/mol. The average Bonchev–Trinajstić information content (AvgIpc) is 3.45. The molecule has 2 aromatic rings. The first-order valence-corrected chi connectivity index (χ1v) is 13.6. The molecule has 1 N–H and O–H groups in total. The van der Waals surface area contributed by atoms with Crippen LogP contribution in [0.25, 0.3) is 0 Å². The second-order valence-corrected chi connectivity index (χ2v) is 10.0. The van der Waals surface area contributed by atoms with Gasteiger partial charge in [-0.15, -0.1) is 0 Å². The number of fused-ring (bicyclic) bond motifs is 1. The molecular weight excluding hydrogens is 486 g/mol. The molecule has 0 aliphatic carbocycles. The summed E-state index contributed by atoms with van der Waals surface area (Å²) in [6.07, 6.45) is 2.87. The van der Waals surface area contributed by atoms with Gasteiger partial charge in [0.15, 0.2) is 17.3 Å². The molecule has 2 aromatic carbocycles. The van der Waals surface area contributed by atoms with Gasteiger partial charge in [0, 0.05) is 44.4 Å². The highest BCUT2D eigenvalue weighted by Gasteiger charge is 2.28. The van der Waals surface area contributed by atoms with Crippen LogP contribution in [-0.4, -0.2) is 74.7 Å². The summed E-state index contributed by atoms with van der Waals surface area (Å²) in [5, 5.41) is 11.3. The Hall–Kier alpha value is -2.94. The van der Waals surface area contributed by atoms with Gasteiger partial charge >= 0.3 is 0 Å². The lowest BCUT2D eigenvalue weighted by atomic mass is 9.89. The van der Waals surface area contributed by atoms with E-state index in [2.05, 4.69) is 4.90 Å². The van der Waals surface area contributed by atoms with Gasteiger partial charge in [-0.2, -0.15) is 0 Å². The molecule has 0 radical (unpaired) electrons. The van der Waals surface area contributed by atoms with Crippen molar-refractivity contribution < 1.29 is 33.6 Å². The number of ketones is 2.